The maximum atomic E-state index is 12.8. The van der Waals surface area contributed by atoms with Crippen LogP contribution in [0.15, 0.2) is 48.7 Å². The van der Waals surface area contributed by atoms with Crippen LogP contribution < -0.4 is 15.5 Å². The number of hydrogen-bond donors (Lipinski definition) is 2. The van der Waals surface area contributed by atoms with Gasteiger partial charge in [-0.2, -0.15) is 0 Å². The van der Waals surface area contributed by atoms with Crippen molar-refractivity contribution in [2.24, 2.45) is 5.92 Å². The van der Waals surface area contributed by atoms with Gasteiger partial charge in [-0.3, -0.25) is 4.79 Å². The van der Waals surface area contributed by atoms with E-state index in [1.165, 1.54) is 36.8 Å². The molecule has 1 aromatic carbocycles. The van der Waals surface area contributed by atoms with E-state index in [2.05, 4.69) is 57.8 Å². The molecule has 2 N–H and O–H groups in total. The normalized spacial score (nSPS) is 23.8. The second-order valence-electron chi connectivity index (χ2n) is 9.77. The quantitative estimate of drug-likeness (QED) is 0.526. The maximum absolute atomic E-state index is 12.8. The molecule has 0 radical (unpaired) electrons. The standard InChI is InChI=1S/C27H34N4O.C2H6.CH4/c1-18-15-24-8-9-25(16-18)31(24)26-10-7-23(17-29-26)27(32)30-19(2)20-3-5-21(6-4-20)22-11-13-28-14-12-22;1-2;/h3-7,10-11,17-19,24-25,28H,8-9,12-16H2,1-2H3,(H,30,32);1-2H3;1H4. The first-order chi connectivity index (χ1) is 16.6. The van der Waals surface area contributed by atoms with Gasteiger partial charge in [0.25, 0.3) is 5.91 Å². The van der Waals surface area contributed by atoms with E-state index in [1.54, 1.807) is 6.20 Å². The lowest BCUT2D eigenvalue weighted by Crippen LogP contribution is -2.42. The van der Waals surface area contributed by atoms with Gasteiger partial charge in [0.05, 0.1) is 11.6 Å². The summed E-state index contributed by atoms with van der Waals surface area (Å²) >= 11 is 0. The van der Waals surface area contributed by atoms with Crippen LogP contribution in [-0.2, 0) is 0 Å². The zero-order valence-electron chi connectivity index (χ0n) is 21.2. The first-order valence-electron chi connectivity index (χ1n) is 13.1. The summed E-state index contributed by atoms with van der Waals surface area (Å²) in [7, 11) is 0. The first kappa shape index (κ1) is 26.9. The Morgan fingerprint density at radius 1 is 1.09 bits per heavy atom. The number of pyridine rings is 1. The number of carbonyl (C=O) groups is 1. The van der Waals surface area contributed by atoms with Crippen LogP contribution in [0.2, 0.25) is 0 Å². The minimum Gasteiger partial charge on any atom is -0.351 e. The molecular weight excluding hydrogens is 432 g/mol. The molecular formula is C30H44N4O. The van der Waals surface area contributed by atoms with Gasteiger partial charge in [-0.25, -0.2) is 4.98 Å². The fourth-order valence-corrected chi connectivity index (χ4v) is 5.73. The number of amides is 1. The summed E-state index contributed by atoms with van der Waals surface area (Å²) in [6.45, 7) is 10.4. The second kappa shape index (κ2) is 12.3. The van der Waals surface area contributed by atoms with Gasteiger partial charge in [0, 0.05) is 24.8 Å². The molecule has 3 aliphatic rings. The average Bonchev–Trinajstić information content (AvgIpc) is 3.16. The van der Waals surface area contributed by atoms with Crippen molar-refractivity contribution in [3.8, 4) is 0 Å². The molecule has 2 aromatic rings. The third-order valence-electron chi connectivity index (χ3n) is 7.44. The van der Waals surface area contributed by atoms with E-state index in [4.69, 9.17) is 0 Å². The summed E-state index contributed by atoms with van der Waals surface area (Å²) in [5.74, 6) is 1.76. The molecule has 2 fully saturated rings. The summed E-state index contributed by atoms with van der Waals surface area (Å²) in [4.78, 5) is 20.0. The number of benzene rings is 1. The number of hydrogen-bond acceptors (Lipinski definition) is 4. The number of piperidine rings is 1. The number of rotatable bonds is 5. The molecule has 2 saturated heterocycles. The molecule has 0 saturated carbocycles. The highest BCUT2D eigenvalue weighted by atomic mass is 16.1. The highest BCUT2D eigenvalue weighted by Gasteiger charge is 2.39. The molecule has 0 aliphatic carbocycles. The number of nitrogens with zero attached hydrogens (tertiary/aromatic N) is 2. The van der Waals surface area contributed by atoms with Crippen molar-refractivity contribution in [2.45, 2.75) is 85.4 Å². The van der Waals surface area contributed by atoms with Crippen molar-refractivity contribution >= 4 is 17.3 Å². The average molecular weight is 477 g/mol. The lowest BCUT2D eigenvalue weighted by Gasteiger charge is -2.38. The molecule has 4 heterocycles. The first-order valence-corrected chi connectivity index (χ1v) is 13.1. The minimum absolute atomic E-state index is 0. The molecule has 5 rings (SSSR count). The second-order valence-corrected chi connectivity index (χ2v) is 9.77. The van der Waals surface area contributed by atoms with Crippen LogP contribution in [0.1, 0.15) is 94.8 Å². The van der Waals surface area contributed by atoms with Gasteiger partial charge >= 0.3 is 0 Å². The molecule has 5 nitrogen and oxygen atoms in total. The number of carbonyl (C=O) groups excluding carboxylic acids is 1. The Morgan fingerprint density at radius 3 is 2.34 bits per heavy atom. The fourth-order valence-electron chi connectivity index (χ4n) is 5.73. The van der Waals surface area contributed by atoms with Crippen LogP contribution in [-0.4, -0.2) is 36.1 Å². The lowest BCUT2D eigenvalue weighted by molar-refractivity contribution is 0.0939. The molecule has 35 heavy (non-hydrogen) atoms. The van der Waals surface area contributed by atoms with Gasteiger partial charge in [0.2, 0.25) is 0 Å². The molecule has 5 heteroatoms. The number of nitrogens with one attached hydrogen (secondary N) is 2. The Balaban J connectivity index is 0.00000111. The third kappa shape index (κ3) is 6.13. The maximum Gasteiger partial charge on any atom is 0.253 e. The predicted octanol–water partition coefficient (Wildman–Crippen LogP) is 6.38. The Hall–Kier alpha value is -2.66. The highest BCUT2D eigenvalue weighted by Crippen LogP contribution is 2.40. The largest absolute Gasteiger partial charge is 0.351 e. The molecule has 3 aliphatic heterocycles. The smallest absolute Gasteiger partial charge is 0.253 e. The lowest BCUT2D eigenvalue weighted by atomic mass is 9.92. The number of fused-ring (bicyclic) bond motifs is 2. The van der Waals surface area contributed by atoms with Crippen molar-refractivity contribution in [3.05, 3.63) is 65.4 Å². The molecule has 3 unspecified atom stereocenters. The van der Waals surface area contributed by atoms with Gasteiger partial charge < -0.3 is 15.5 Å². The van der Waals surface area contributed by atoms with E-state index in [0.29, 0.717) is 17.6 Å². The Bertz CT molecular complexity index is 968. The van der Waals surface area contributed by atoms with Crippen LogP contribution in [0.5, 0.6) is 0 Å². The highest BCUT2D eigenvalue weighted by molar-refractivity contribution is 5.94. The van der Waals surface area contributed by atoms with Crippen LogP contribution in [0, 0.1) is 5.92 Å². The van der Waals surface area contributed by atoms with E-state index in [-0.39, 0.29) is 19.4 Å². The summed E-state index contributed by atoms with van der Waals surface area (Å²) < 4.78 is 0. The third-order valence-corrected chi connectivity index (χ3v) is 7.44. The topological polar surface area (TPSA) is 57.3 Å². The van der Waals surface area contributed by atoms with E-state index >= 15 is 0 Å². The van der Waals surface area contributed by atoms with Crippen molar-refractivity contribution in [2.75, 3.05) is 18.0 Å². The van der Waals surface area contributed by atoms with Gasteiger partial charge in [0.1, 0.15) is 5.82 Å². The van der Waals surface area contributed by atoms with E-state index < -0.39 is 0 Å². The molecule has 1 amide bonds. The van der Waals surface area contributed by atoms with Crippen LogP contribution in [0.4, 0.5) is 5.82 Å². The fraction of sp³-hybridized carbons (Fsp3) is 0.533. The van der Waals surface area contributed by atoms with Gasteiger partial charge in [-0.15, -0.1) is 0 Å². The van der Waals surface area contributed by atoms with E-state index in [0.717, 1.165) is 36.8 Å². The van der Waals surface area contributed by atoms with E-state index in [1.807, 2.05) is 32.9 Å². The van der Waals surface area contributed by atoms with Crippen molar-refractivity contribution < 1.29 is 4.79 Å². The number of anilines is 1. The molecule has 0 spiro atoms. The zero-order chi connectivity index (χ0) is 24.1. The van der Waals surface area contributed by atoms with Crippen molar-refractivity contribution in [1.82, 2.24) is 15.6 Å². The Kier molecular flexibility index (Phi) is 9.50. The number of aromatic nitrogens is 1. The minimum atomic E-state index is -0.0723. The van der Waals surface area contributed by atoms with Crippen LogP contribution in [0.25, 0.3) is 5.57 Å². The van der Waals surface area contributed by atoms with Gasteiger partial charge in [-0.1, -0.05) is 58.5 Å². The molecule has 1 aromatic heterocycles. The molecule has 2 bridgehead atoms. The SMILES string of the molecule is C.CC.CC1CC2CCC(C1)N2c1ccc(C(=O)NC(C)c2ccc(C3=CCNCC3)cc2)cn1. The van der Waals surface area contributed by atoms with Gasteiger partial charge in [0.15, 0.2) is 0 Å². The summed E-state index contributed by atoms with van der Waals surface area (Å²) in [5, 5.41) is 6.48. The molecule has 3 atom stereocenters. The Morgan fingerprint density at radius 2 is 1.77 bits per heavy atom. The summed E-state index contributed by atoms with van der Waals surface area (Å²) in [6, 6.07) is 13.7. The molecule has 190 valence electrons. The Labute approximate surface area is 212 Å². The predicted molar refractivity (Wildman–Crippen MR) is 148 cm³/mol. The van der Waals surface area contributed by atoms with Gasteiger partial charge in [-0.05, 0) is 80.3 Å². The monoisotopic (exact) mass is 476 g/mol. The van der Waals surface area contributed by atoms with Crippen LogP contribution >= 0.6 is 0 Å². The van der Waals surface area contributed by atoms with E-state index in [9.17, 15) is 4.79 Å². The summed E-state index contributed by atoms with van der Waals surface area (Å²) in [6.07, 6.45) is 10.1. The summed E-state index contributed by atoms with van der Waals surface area (Å²) in [5.41, 5.74) is 4.40. The van der Waals surface area contributed by atoms with Crippen molar-refractivity contribution in [3.63, 3.8) is 0 Å². The zero-order valence-corrected chi connectivity index (χ0v) is 21.2. The van der Waals surface area contributed by atoms with Crippen molar-refractivity contribution in [1.29, 1.82) is 0 Å². The van der Waals surface area contributed by atoms with Crippen LogP contribution in [0.3, 0.4) is 0 Å².